The zero-order valence-corrected chi connectivity index (χ0v) is 20.9. The molecule has 1 aliphatic rings. The molecule has 33 heavy (non-hydrogen) atoms. The molecule has 1 amide bonds. The number of aromatic nitrogens is 1. The van der Waals surface area contributed by atoms with Crippen molar-refractivity contribution in [1.29, 1.82) is 0 Å². The van der Waals surface area contributed by atoms with Gasteiger partial charge in [-0.25, -0.2) is 4.98 Å². The number of ether oxygens (including phenoxy) is 2. The van der Waals surface area contributed by atoms with Gasteiger partial charge in [0.05, 0.1) is 28.5 Å². The van der Waals surface area contributed by atoms with Gasteiger partial charge in [-0.1, -0.05) is 53.6 Å². The maximum atomic E-state index is 13.3. The summed E-state index contributed by atoms with van der Waals surface area (Å²) in [7, 11) is 0. The molecule has 1 fully saturated rings. The van der Waals surface area contributed by atoms with Crippen LogP contribution in [-0.2, 0) is 16.0 Å². The number of morpholine rings is 1. The molecule has 2 heterocycles. The summed E-state index contributed by atoms with van der Waals surface area (Å²) in [5, 5.41) is 1.59. The predicted octanol–water partition coefficient (Wildman–Crippen LogP) is 5.30. The highest BCUT2D eigenvalue weighted by atomic mass is 35.5. The van der Waals surface area contributed by atoms with Crippen LogP contribution in [0, 0.1) is 0 Å². The van der Waals surface area contributed by atoms with Crippen molar-refractivity contribution in [2.75, 3.05) is 50.9 Å². The van der Waals surface area contributed by atoms with E-state index in [1.165, 1.54) is 16.9 Å². The molecule has 9 heteroatoms. The van der Waals surface area contributed by atoms with Gasteiger partial charge in [-0.05, 0) is 42.7 Å². The Morgan fingerprint density at radius 2 is 2.06 bits per heavy atom. The Labute approximate surface area is 208 Å². The van der Waals surface area contributed by atoms with Crippen LogP contribution < -0.4 is 9.64 Å². The molecule has 0 radical (unpaired) electrons. The number of fused-ring (bicyclic) bond motifs is 1. The monoisotopic (exact) mass is 507 g/mol. The van der Waals surface area contributed by atoms with Gasteiger partial charge >= 0.3 is 0 Å². The number of aryl methyl sites for hydroxylation is 1. The van der Waals surface area contributed by atoms with Gasteiger partial charge in [-0.15, -0.1) is 0 Å². The summed E-state index contributed by atoms with van der Waals surface area (Å²) in [4.78, 5) is 22.2. The Hall–Kier alpha value is -1.90. The average Bonchev–Trinajstić information content (AvgIpc) is 3.26. The number of halogens is 2. The first-order valence-electron chi connectivity index (χ1n) is 11.1. The molecule has 4 rings (SSSR count). The van der Waals surface area contributed by atoms with Crippen LogP contribution in [0.4, 0.5) is 5.13 Å². The average molecular weight is 508 g/mol. The molecule has 0 spiro atoms. The molecule has 6 nitrogen and oxygen atoms in total. The maximum absolute atomic E-state index is 13.3. The molecule has 0 unspecified atom stereocenters. The first kappa shape index (κ1) is 24.2. The fraction of sp³-hybridized carbons (Fsp3) is 0.417. The molecule has 1 aliphatic heterocycles. The molecular formula is C24H27Cl2N3O3S. The van der Waals surface area contributed by atoms with E-state index >= 15 is 0 Å². The second-order valence-electron chi connectivity index (χ2n) is 7.83. The number of rotatable bonds is 9. The van der Waals surface area contributed by atoms with Crippen LogP contribution in [0.15, 0.2) is 36.4 Å². The maximum Gasteiger partial charge on any atom is 0.266 e. The van der Waals surface area contributed by atoms with Crippen LogP contribution in [0.25, 0.3) is 10.2 Å². The Kier molecular flexibility index (Phi) is 8.44. The number of anilines is 1. The van der Waals surface area contributed by atoms with E-state index in [1.807, 2.05) is 6.07 Å². The summed E-state index contributed by atoms with van der Waals surface area (Å²) >= 11 is 13.7. The fourth-order valence-electron chi connectivity index (χ4n) is 3.81. The number of thiazole rings is 1. The molecule has 0 aliphatic carbocycles. The molecule has 0 atom stereocenters. The summed E-state index contributed by atoms with van der Waals surface area (Å²) in [6.45, 7) is 6.82. The quantitative estimate of drug-likeness (QED) is 0.393. The summed E-state index contributed by atoms with van der Waals surface area (Å²) in [6.07, 6.45) is 1.73. The molecular weight excluding hydrogens is 481 g/mol. The van der Waals surface area contributed by atoms with Gasteiger partial charge in [-0.2, -0.15) is 0 Å². The summed E-state index contributed by atoms with van der Waals surface area (Å²) in [6, 6.07) is 11.1. The standard InChI is InChI=1S/C24H27Cl2N3O3S/c1-2-17-5-3-6-21-23(17)27-24(33-21)29(10-4-9-28-11-13-31-14-12-28)22(30)16-32-20-8-7-18(25)15-19(20)26/h3,5-8,15H,2,4,9-14,16H2,1H3. The Morgan fingerprint density at radius 1 is 1.24 bits per heavy atom. The number of benzene rings is 2. The number of carbonyl (C=O) groups excluding carboxylic acids is 1. The van der Waals surface area contributed by atoms with Gasteiger partial charge in [-0.3, -0.25) is 14.6 Å². The molecule has 2 aromatic carbocycles. The lowest BCUT2D eigenvalue weighted by Gasteiger charge is -2.27. The minimum atomic E-state index is -0.153. The first-order chi connectivity index (χ1) is 16.0. The van der Waals surface area contributed by atoms with Crippen molar-refractivity contribution < 1.29 is 14.3 Å². The van der Waals surface area contributed by atoms with Crippen LogP contribution in [0.2, 0.25) is 10.0 Å². The van der Waals surface area contributed by atoms with E-state index in [1.54, 1.807) is 23.1 Å². The lowest BCUT2D eigenvalue weighted by molar-refractivity contribution is -0.120. The van der Waals surface area contributed by atoms with Crippen molar-refractivity contribution in [1.82, 2.24) is 9.88 Å². The van der Waals surface area contributed by atoms with Gasteiger partial charge in [0, 0.05) is 31.2 Å². The molecule has 1 saturated heterocycles. The minimum absolute atomic E-state index is 0.129. The summed E-state index contributed by atoms with van der Waals surface area (Å²) in [5.74, 6) is 0.278. The largest absolute Gasteiger partial charge is 0.482 e. The van der Waals surface area contributed by atoms with Crippen LogP contribution in [0.1, 0.15) is 18.9 Å². The van der Waals surface area contributed by atoms with E-state index in [9.17, 15) is 4.79 Å². The predicted molar refractivity (Wildman–Crippen MR) is 135 cm³/mol. The third kappa shape index (κ3) is 6.16. The highest BCUT2D eigenvalue weighted by Crippen LogP contribution is 2.32. The van der Waals surface area contributed by atoms with Gasteiger partial charge in [0.2, 0.25) is 0 Å². The van der Waals surface area contributed by atoms with E-state index in [2.05, 4.69) is 24.0 Å². The van der Waals surface area contributed by atoms with Crippen molar-refractivity contribution in [3.05, 3.63) is 52.0 Å². The van der Waals surface area contributed by atoms with Crippen molar-refractivity contribution in [2.45, 2.75) is 19.8 Å². The zero-order chi connectivity index (χ0) is 23.2. The second kappa shape index (κ2) is 11.5. The number of hydrogen-bond donors (Lipinski definition) is 0. The van der Waals surface area contributed by atoms with Crippen molar-refractivity contribution >= 4 is 55.8 Å². The Morgan fingerprint density at radius 3 is 2.82 bits per heavy atom. The van der Waals surface area contributed by atoms with E-state index in [-0.39, 0.29) is 12.5 Å². The molecule has 0 bridgehead atoms. The smallest absolute Gasteiger partial charge is 0.266 e. The van der Waals surface area contributed by atoms with Gasteiger partial charge in [0.1, 0.15) is 5.75 Å². The lowest BCUT2D eigenvalue weighted by Crippen LogP contribution is -2.40. The van der Waals surface area contributed by atoms with E-state index in [0.717, 1.165) is 55.9 Å². The van der Waals surface area contributed by atoms with E-state index < -0.39 is 0 Å². The van der Waals surface area contributed by atoms with Crippen LogP contribution in [0.3, 0.4) is 0 Å². The number of carbonyl (C=O) groups is 1. The Balaban J connectivity index is 1.50. The van der Waals surface area contributed by atoms with Crippen LogP contribution in [0.5, 0.6) is 5.75 Å². The van der Waals surface area contributed by atoms with Gasteiger partial charge in [0.15, 0.2) is 11.7 Å². The number of nitrogens with zero attached hydrogens (tertiary/aromatic N) is 3. The number of hydrogen-bond acceptors (Lipinski definition) is 6. The van der Waals surface area contributed by atoms with Crippen molar-refractivity contribution in [3.63, 3.8) is 0 Å². The number of amides is 1. The minimum Gasteiger partial charge on any atom is -0.482 e. The normalized spacial score (nSPS) is 14.5. The molecule has 1 aromatic heterocycles. The lowest BCUT2D eigenvalue weighted by atomic mass is 10.1. The molecule has 3 aromatic rings. The highest BCUT2D eigenvalue weighted by molar-refractivity contribution is 7.22. The second-order valence-corrected chi connectivity index (χ2v) is 9.68. The molecule has 0 saturated carbocycles. The SMILES string of the molecule is CCc1cccc2sc(N(CCCN3CCOCC3)C(=O)COc3ccc(Cl)cc3Cl)nc12. The molecule has 0 N–H and O–H groups in total. The van der Waals surface area contributed by atoms with Crippen LogP contribution in [-0.4, -0.2) is 61.8 Å². The van der Waals surface area contributed by atoms with Crippen molar-refractivity contribution in [2.24, 2.45) is 0 Å². The first-order valence-corrected chi connectivity index (χ1v) is 12.7. The third-order valence-corrected chi connectivity index (χ3v) is 7.18. The Bertz CT molecular complexity index is 1100. The summed E-state index contributed by atoms with van der Waals surface area (Å²) < 4.78 is 12.3. The topological polar surface area (TPSA) is 54.9 Å². The highest BCUT2D eigenvalue weighted by Gasteiger charge is 2.22. The fourth-order valence-corrected chi connectivity index (χ4v) is 5.33. The molecule has 176 valence electrons. The van der Waals surface area contributed by atoms with E-state index in [0.29, 0.717) is 27.5 Å². The third-order valence-electron chi connectivity index (χ3n) is 5.61. The summed E-state index contributed by atoms with van der Waals surface area (Å²) in [5.41, 5.74) is 2.15. The van der Waals surface area contributed by atoms with Gasteiger partial charge < -0.3 is 9.47 Å². The van der Waals surface area contributed by atoms with Crippen LogP contribution >= 0.6 is 34.5 Å². The number of para-hydroxylation sites is 1. The van der Waals surface area contributed by atoms with E-state index in [4.69, 9.17) is 37.7 Å². The van der Waals surface area contributed by atoms with Crippen molar-refractivity contribution in [3.8, 4) is 5.75 Å². The zero-order valence-electron chi connectivity index (χ0n) is 18.6. The van der Waals surface area contributed by atoms with Gasteiger partial charge in [0.25, 0.3) is 5.91 Å².